The number of halogens is 1. The van der Waals surface area contributed by atoms with Gasteiger partial charge in [-0.05, 0) is 60.6 Å². The first kappa shape index (κ1) is 22.7. The maximum atomic E-state index is 13.6. The second-order valence-electron chi connectivity index (χ2n) is 7.69. The first-order valence-corrected chi connectivity index (χ1v) is 12.1. The monoisotopic (exact) mass is 428 g/mol. The highest BCUT2D eigenvalue weighted by atomic mass is 32.2. The normalized spacial score (nSPS) is 15.9. The molecule has 3 rings (SSSR count). The van der Waals surface area contributed by atoms with E-state index in [1.807, 2.05) is 6.07 Å². The predicted octanol–water partition coefficient (Wildman–Crippen LogP) is 6.30. The van der Waals surface area contributed by atoms with Crippen LogP contribution >= 0.6 is 11.8 Å². The zero-order chi connectivity index (χ0) is 21.3. The third kappa shape index (κ3) is 6.24. The summed E-state index contributed by atoms with van der Waals surface area (Å²) in [4.78, 5) is 4.84. The molecule has 0 saturated carbocycles. The lowest BCUT2D eigenvalue weighted by molar-refractivity contribution is 0.374. The molecule has 1 unspecified atom stereocenters. The zero-order valence-electron chi connectivity index (χ0n) is 18.3. The molecule has 1 N–H and O–H groups in total. The van der Waals surface area contributed by atoms with Crippen LogP contribution in [0.4, 0.5) is 10.1 Å². The van der Waals surface area contributed by atoms with E-state index in [2.05, 4.69) is 44.3 Å². The number of thioether (sulfide) groups is 1. The van der Waals surface area contributed by atoms with Crippen molar-refractivity contribution in [2.45, 2.75) is 58.9 Å². The summed E-state index contributed by atoms with van der Waals surface area (Å²) in [5, 5.41) is 4.48. The summed E-state index contributed by atoms with van der Waals surface area (Å²) in [6.45, 7) is 7.81. The van der Waals surface area contributed by atoms with Gasteiger partial charge in [-0.2, -0.15) is 0 Å². The summed E-state index contributed by atoms with van der Waals surface area (Å²) in [6.07, 6.45) is 4.96. The van der Waals surface area contributed by atoms with Crippen LogP contribution in [0.2, 0.25) is 0 Å². The van der Waals surface area contributed by atoms with Crippen molar-refractivity contribution in [1.29, 1.82) is 0 Å². The van der Waals surface area contributed by atoms with Crippen molar-refractivity contribution in [3.8, 4) is 5.75 Å². The van der Waals surface area contributed by atoms with Gasteiger partial charge in [0.05, 0.1) is 6.04 Å². The fourth-order valence-corrected chi connectivity index (χ4v) is 4.67. The molecule has 1 heterocycles. The quantitative estimate of drug-likeness (QED) is 0.456. The fourth-order valence-electron chi connectivity index (χ4n) is 3.68. The number of aryl methyl sites for hydroxylation is 3. The van der Waals surface area contributed by atoms with Crippen molar-refractivity contribution in [2.24, 2.45) is 4.99 Å². The summed E-state index contributed by atoms with van der Waals surface area (Å²) in [7, 11) is 0. The minimum atomic E-state index is -0.190. The van der Waals surface area contributed by atoms with Crippen LogP contribution in [0.3, 0.4) is 0 Å². The van der Waals surface area contributed by atoms with E-state index in [0.29, 0.717) is 6.61 Å². The van der Waals surface area contributed by atoms with Crippen molar-refractivity contribution in [2.75, 3.05) is 24.2 Å². The van der Waals surface area contributed by atoms with Gasteiger partial charge < -0.3 is 10.1 Å². The number of benzene rings is 2. The second kappa shape index (κ2) is 11.4. The van der Waals surface area contributed by atoms with Crippen LogP contribution in [0.25, 0.3) is 0 Å². The van der Waals surface area contributed by atoms with Crippen LogP contribution < -0.4 is 10.1 Å². The molecule has 0 radical (unpaired) electrons. The van der Waals surface area contributed by atoms with Crippen molar-refractivity contribution >= 4 is 22.5 Å². The maximum absolute atomic E-state index is 13.6. The van der Waals surface area contributed by atoms with E-state index in [4.69, 9.17) is 9.73 Å². The third-order valence-electron chi connectivity index (χ3n) is 5.42. The highest BCUT2D eigenvalue weighted by Crippen LogP contribution is 2.25. The molecule has 2 aromatic carbocycles. The van der Waals surface area contributed by atoms with Crippen LogP contribution in [0.1, 0.15) is 50.3 Å². The molecule has 3 nitrogen and oxygen atoms in total. The standard InChI is InChI=1S/C25H33FN2OS/c1-4-7-20-9-10-21(26)15-23(20)27-13-12-22-17-30-25(28-22)16-29-24-11-8-18(5-2)14-19(24)6-3/h8-11,14-15,22,27H,4-7,12-13,16-17H2,1-3H3. The zero-order valence-corrected chi connectivity index (χ0v) is 19.2. The molecular weight excluding hydrogens is 395 g/mol. The number of hydrogen-bond donors (Lipinski definition) is 1. The van der Waals surface area contributed by atoms with Crippen molar-refractivity contribution in [3.63, 3.8) is 0 Å². The third-order valence-corrected chi connectivity index (χ3v) is 6.53. The van der Waals surface area contributed by atoms with E-state index in [9.17, 15) is 4.39 Å². The molecule has 162 valence electrons. The number of anilines is 1. The molecule has 0 saturated heterocycles. The molecule has 30 heavy (non-hydrogen) atoms. The average Bonchev–Trinajstić information content (AvgIpc) is 3.21. The number of nitrogens with one attached hydrogen (secondary N) is 1. The van der Waals surface area contributed by atoms with Crippen molar-refractivity contribution in [3.05, 3.63) is 58.9 Å². The first-order chi connectivity index (χ1) is 14.6. The molecule has 0 spiro atoms. The van der Waals surface area contributed by atoms with Gasteiger partial charge in [0, 0.05) is 18.0 Å². The molecular formula is C25H33FN2OS. The molecule has 0 aromatic heterocycles. The largest absolute Gasteiger partial charge is 0.486 e. The number of hydrogen-bond acceptors (Lipinski definition) is 4. The highest BCUT2D eigenvalue weighted by molar-refractivity contribution is 8.14. The van der Waals surface area contributed by atoms with Crippen LogP contribution in [0, 0.1) is 5.82 Å². The molecule has 0 aliphatic carbocycles. The van der Waals surface area contributed by atoms with Gasteiger partial charge in [-0.15, -0.1) is 11.8 Å². The lowest BCUT2D eigenvalue weighted by atomic mass is 10.1. The smallest absolute Gasteiger partial charge is 0.136 e. The second-order valence-corrected chi connectivity index (χ2v) is 8.79. The fraction of sp³-hybridized carbons (Fsp3) is 0.480. The van der Waals surface area contributed by atoms with Gasteiger partial charge in [0.1, 0.15) is 23.2 Å². The van der Waals surface area contributed by atoms with Gasteiger partial charge in [-0.25, -0.2) is 4.39 Å². The number of rotatable bonds is 11. The Morgan fingerprint density at radius 3 is 2.73 bits per heavy atom. The number of aliphatic imine (C=N–C) groups is 1. The maximum Gasteiger partial charge on any atom is 0.136 e. The Labute approximate surface area is 184 Å². The van der Waals surface area contributed by atoms with Gasteiger partial charge in [-0.3, -0.25) is 4.99 Å². The Kier molecular flexibility index (Phi) is 8.61. The Hall–Kier alpha value is -2.01. The van der Waals surface area contributed by atoms with E-state index in [0.717, 1.165) is 60.9 Å². The van der Waals surface area contributed by atoms with Crippen LogP contribution in [0.15, 0.2) is 41.4 Å². The van der Waals surface area contributed by atoms with Gasteiger partial charge in [0.25, 0.3) is 0 Å². The lowest BCUT2D eigenvalue weighted by Gasteiger charge is -2.13. The predicted molar refractivity (Wildman–Crippen MR) is 128 cm³/mol. The number of ether oxygens (including phenoxy) is 1. The number of nitrogens with zero attached hydrogens (tertiary/aromatic N) is 1. The van der Waals surface area contributed by atoms with Crippen LogP contribution in [0.5, 0.6) is 5.75 Å². The Morgan fingerprint density at radius 2 is 1.97 bits per heavy atom. The van der Waals surface area contributed by atoms with Gasteiger partial charge in [-0.1, -0.05) is 45.4 Å². The van der Waals surface area contributed by atoms with Crippen LogP contribution in [-0.2, 0) is 19.3 Å². The molecule has 0 amide bonds. The average molecular weight is 429 g/mol. The first-order valence-electron chi connectivity index (χ1n) is 11.1. The summed E-state index contributed by atoms with van der Waals surface area (Å²) < 4.78 is 19.7. The van der Waals surface area contributed by atoms with Crippen LogP contribution in [-0.4, -0.2) is 30.0 Å². The highest BCUT2D eigenvalue weighted by Gasteiger charge is 2.19. The summed E-state index contributed by atoms with van der Waals surface area (Å²) in [5.41, 5.74) is 4.70. The van der Waals surface area contributed by atoms with Gasteiger partial charge in [0.2, 0.25) is 0 Å². The van der Waals surface area contributed by atoms with E-state index in [1.165, 1.54) is 16.7 Å². The minimum absolute atomic E-state index is 0.190. The Balaban J connectivity index is 1.49. The van der Waals surface area contributed by atoms with Gasteiger partial charge >= 0.3 is 0 Å². The summed E-state index contributed by atoms with van der Waals surface area (Å²) in [5.74, 6) is 1.77. The van der Waals surface area contributed by atoms with E-state index in [1.54, 1.807) is 23.9 Å². The summed E-state index contributed by atoms with van der Waals surface area (Å²) in [6, 6.07) is 11.8. The van der Waals surface area contributed by atoms with Crippen molar-refractivity contribution < 1.29 is 9.13 Å². The minimum Gasteiger partial charge on any atom is -0.486 e. The molecule has 1 atom stereocenters. The Bertz CT molecular complexity index is 868. The van der Waals surface area contributed by atoms with E-state index >= 15 is 0 Å². The molecule has 0 fully saturated rings. The molecule has 1 aliphatic heterocycles. The van der Waals surface area contributed by atoms with E-state index < -0.39 is 0 Å². The molecule has 1 aliphatic rings. The molecule has 0 bridgehead atoms. The van der Waals surface area contributed by atoms with Crippen molar-refractivity contribution in [1.82, 2.24) is 0 Å². The van der Waals surface area contributed by atoms with E-state index in [-0.39, 0.29) is 11.9 Å². The topological polar surface area (TPSA) is 33.6 Å². The SMILES string of the molecule is CCCc1ccc(F)cc1NCCC1CSC(COc2ccc(CC)cc2CC)=N1. The molecule has 2 aromatic rings. The van der Waals surface area contributed by atoms with Gasteiger partial charge in [0.15, 0.2) is 0 Å². The summed E-state index contributed by atoms with van der Waals surface area (Å²) >= 11 is 1.79. The Morgan fingerprint density at radius 1 is 1.10 bits per heavy atom. The molecule has 5 heteroatoms. The lowest BCUT2D eigenvalue weighted by Crippen LogP contribution is -2.13.